The third kappa shape index (κ3) is 3.28. The van der Waals surface area contributed by atoms with E-state index in [1.54, 1.807) is 6.08 Å². The molecule has 3 rings (SSSR count). The Kier molecular flexibility index (Phi) is 4.93. The topological polar surface area (TPSA) is 46.1 Å². The maximum absolute atomic E-state index is 12.6. The molecule has 4 nitrogen and oxygen atoms in total. The van der Waals surface area contributed by atoms with Gasteiger partial charge in [0.25, 0.3) is 0 Å². The van der Waals surface area contributed by atoms with Gasteiger partial charge in [0, 0.05) is 41.3 Å². The van der Waals surface area contributed by atoms with Gasteiger partial charge in [-0.05, 0) is 38.0 Å². The molecule has 26 heavy (non-hydrogen) atoms. The van der Waals surface area contributed by atoms with E-state index in [4.69, 9.17) is 0 Å². The fourth-order valence-electron chi connectivity index (χ4n) is 3.39. The summed E-state index contributed by atoms with van der Waals surface area (Å²) in [5.74, 6) is 0.420. The van der Waals surface area contributed by atoms with Crippen molar-refractivity contribution in [2.75, 3.05) is 17.7 Å². The summed E-state index contributed by atoms with van der Waals surface area (Å²) in [7, 11) is 2.02. The van der Waals surface area contributed by atoms with Crippen LogP contribution in [0.3, 0.4) is 0 Å². The van der Waals surface area contributed by atoms with Gasteiger partial charge in [-0.25, -0.2) is 9.97 Å². The van der Waals surface area contributed by atoms with Crippen LogP contribution in [0, 0.1) is 20.8 Å². The average molecular weight is 368 g/mol. The van der Waals surface area contributed by atoms with Crippen LogP contribution in [0.15, 0.2) is 41.2 Å². The Morgan fingerprint density at radius 2 is 1.77 bits per heavy atom. The molecule has 0 saturated heterocycles. The molecule has 0 saturated carbocycles. The number of carbonyl (C=O) groups is 1. The summed E-state index contributed by atoms with van der Waals surface area (Å²) < 4.78 is 0. The normalized spacial score (nSPS) is 16.8. The monoisotopic (exact) mass is 367 g/mol. The van der Waals surface area contributed by atoms with Crippen molar-refractivity contribution in [3.05, 3.63) is 58.6 Å². The Morgan fingerprint density at radius 3 is 2.38 bits per heavy atom. The van der Waals surface area contributed by atoms with Gasteiger partial charge in [0.1, 0.15) is 0 Å². The van der Waals surface area contributed by atoms with Gasteiger partial charge in [0.15, 0.2) is 10.9 Å². The van der Waals surface area contributed by atoms with Crippen LogP contribution in [0.1, 0.15) is 36.4 Å². The Balaban J connectivity index is 1.78. The first-order chi connectivity index (χ1) is 12.2. The molecule has 0 N–H and O–H groups in total. The number of allylic oxidation sites excluding steroid dienone is 2. The summed E-state index contributed by atoms with van der Waals surface area (Å²) in [6, 6.07) is 8.32. The Morgan fingerprint density at radius 1 is 1.15 bits per heavy atom. The molecule has 136 valence electrons. The minimum absolute atomic E-state index is 0.0808. The fourth-order valence-corrected chi connectivity index (χ4v) is 4.15. The van der Waals surface area contributed by atoms with E-state index >= 15 is 0 Å². The molecule has 0 radical (unpaired) electrons. The van der Waals surface area contributed by atoms with Crippen LogP contribution >= 0.6 is 11.8 Å². The predicted molar refractivity (Wildman–Crippen MR) is 108 cm³/mol. The first kappa shape index (κ1) is 18.6. The number of hydrogen-bond acceptors (Lipinski definition) is 5. The third-order valence-corrected chi connectivity index (χ3v) is 6.06. The summed E-state index contributed by atoms with van der Waals surface area (Å²) in [5.41, 5.74) is 6.31. The minimum Gasteiger partial charge on any atom is -0.347 e. The lowest BCUT2D eigenvalue weighted by molar-refractivity contribution is -0.112. The van der Waals surface area contributed by atoms with Gasteiger partial charge < -0.3 is 4.90 Å². The van der Waals surface area contributed by atoms with E-state index in [9.17, 15) is 4.79 Å². The van der Waals surface area contributed by atoms with Gasteiger partial charge in [-0.2, -0.15) is 0 Å². The molecule has 1 aliphatic heterocycles. The van der Waals surface area contributed by atoms with Crippen LogP contribution in [0.2, 0.25) is 0 Å². The number of likely N-dealkylation sites (N-methyl/N-ethyl adjacent to an activating group) is 1. The number of aryl methyl sites for hydroxylation is 2. The number of anilines is 1. The van der Waals surface area contributed by atoms with E-state index in [1.807, 2.05) is 33.9 Å². The summed E-state index contributed by atoms with van der Waals surface area (Å²) in [5, 5.41) is 0.666. The quantitative estimate of drug-likeness (QED) is 0.456. The molecule has 1 aromatic heterocycles. The number of ketones is 1. The molecule has 5 heteroatoms. The summed E-state index contributed by atoms with van der Waals surface area (Å²) in [4.78, 5) is 23.7. The van der Waals surface area contributed by atoms with Gasteiger partial charge in [0.05, 0.1) is 5.75 Å². The van der Waals surface area contributed by atoms with Crippen LogP contribution in [0.4, 0.5) is 5.69 Å². The van der Waals surface area contributed by atoms with Gasteiger partial charge in [0.2, 0.25) is 0 Å². The van der Waals surface area contributed by atoms with Crippen LogP contribution in [0.5, 0.6) is 0 Å². The number of para-hydroxylation sites is 1. The SMILES string of the molecule is Cc1nc(SCC(=O)C=C2N(C)c3ccccc3C2(C)C)nc(C)c1C. The molecule has 1 aliphatic rings. The lowest BCUT2D eigenvalue weighted by atomic mass is 9.83. The average Bonchev–Trinajstić information content (AvgIpc) is 2.79. The van der Waals surface area contributed by atoms with Crippen molar-refractivity contribution in [3.63, 3.8) is 0 Å². The Labute approximate surface area is 159 Å². The maximum Gasteiger partial charge on any atom is 0.188 e. The van der Waals surface area contributed by atoms with E-state index in [2.05, 4.69) is 46.9 Å². The first-order valence-electron chi connectivity index (χ1n) is 8.74. The third-order valence-electron chi connectivity index (χ3n) is 5.19. The van der Waals surface area contributed by atoms with E-state index < -0.39 is 0 Å². The molecular weight excluding hydrogens is 342 g/mol. The van der Waals surface area contributed by atoms with E-state index in [1.165, 1.54) is 17.3 Å². The number of rotatable bonds is 4. The minimum atomic E-state index is -0.181. The Hall–Kier alpha value is -2.14. The highest BCUT2D eigenvalue weighted by Gasteiger charge is 2.38. The molecule has 0 unspecified atom stereocenters. The zero-order chi connectivity index (χ0) is 19.1. The maximum atomic E-state index is 12.6. The molecule has 0 atom stereocenters. The van der Waals surface area contributed by atoms with Crippen molar-refractivity contribution in [3.8, 4) is 0 Å². The van der Waals surface area contributed by atoms with Crippen LogP contribution in [-0.2, 0) is 10.2 Å². The number of hydrogen-bond donors (Lipinski definition) is 0. The zero-order valence-electron chi connectivity index (χ0n) is 16.3. The van der Waals surface area contributed by atoms with Crippen molar-refractivity contribution in [2.24, 2.45) is 0 Å². The smallest absolute Gasteiger partial charge is 0.188 e. The van der Waals surface area contributed by atoms with Crippen molar-refractivity contribution >= 4 is 23.2 Å². The standard InChI is InChI=1S/C21H25N3OS/c1-13-14(2)22-20(23-15(13)3)26-12-16(25)11-19-21(4,5)17-9-7-8-10-18(17)24(19)6/h7-11H,12H2,1-6H3. The van der Waals surface area contributed by atoms with Gasteiger partial charge in [-0.3, -0.25) is 4.79 Å². The highest BCUT2D eigenvalue weighted by Crippen LogP contribution is 2.46. The molecule has 2 aromatic rings. The lowest BCUT2D eigenvalue weighted by Crippen LogP contribution is -2.24. The van der Waals surface area contributed by atoms with E-state index in [0.29, 0.717) is 10.9 Å². The molecule has 0 bridgehead atoms. The molecule has 0 fully saturated rings. The van der Waals surface area contributed by atoms with Crippen LogP contribution < -0.4 is 4.90 Å². The van der Waals surface area contributed by atoms with Crippen molar-refractivity contribution in [2.45, 2.75) is 45.2 Å². The Bertz CT molecular complexity index is 879. The summed E-state index contributed by atoms with van der Waals surface area (Å²) >= 11 is 1.40. The van der Waals surface area contributed by atoms with Crippen molar-refractivity contribution < 1.29 is 4.79 Å². The zero-order valence-corrected chi connectivity index (χ0v) is 17.1. The summed E-state index contributed by atoms with van der Waals surface area (Å²) in [6.45, 7) is 10.3. The molecule has 0 aliphatic carbocycles. The number of benzene rings is 1. The molecular formula is C21H25N3OS. The van der Waals surface area contributed by atoms with Crippen LogP contribution in [0.25, 0.3) is 0 Å². The first-order valence-corrected chi connectivity index (χ1v) is 9.73. The number of nitrogens with zero attached hydrogens (tertiary/aromatic N) is 3. The molecule has 0 spiro atoms. The predicted octanol–water partition coefficient (Wildman–Crippen LogP) is 4.37. The number of fused-ring (bicyclic) bond motifs is 1. The van der Waals surface area contributed by atoms with Crippen molar-refractivity contribution in [1.82, 2.24) is 9.97 Å². The van der Waals surface area contributed by atoms with Gasteiger partial charge in [-0.1, -0.05) is 43.8 Å². The number of carbonyl (C=O) groups excluding carboxylic acids is 1. The second kappa shape index (κ2) is 6.88. The fraction of sp³-hybridized carbons (Fsp3) is 0.381. The summed E-state index contributed by atoms with van der Waals surface area (Å²) in [6.07, 6.45) is 1.78. The highest BCUT2D eigenvalue weighted by atomic mass is 32.2. The van der Waals surface area contributed by atoms with Crippen LogP contribution in [-0.4, -0.2) is 28.6 Å². The van der Waals surface area contributed by atoms with E-state index in [0.717, 1.165) is 28.3 Å². The lowest BCUT2D eigenvalue weighted by Gasteiger charge is -2.23. The second-order valence-corrected chi connectivity index (χ2v) is 8.23. The molecule has 2 heterocycles. The number of thioether (sulfide) groups is 1. The highest BCUT2D eigenvalue weighted by molar-refractivity contribution is 7.99. The molecule has 0 amide bonds. The van der Waals surface area contributed by atoms with Crippen molar-refractivity contribution in [1.29, 1.82) is 0 Å². The molecule has 1 aromatic carbocycles. The number of aromatic nitrogens is 2. The largest absolute Gasteiger partial charge is 0.347 e. The van der Waals surface area contributed by atoms with E-state index in [-0.39, 0.29) is 11.2 Å². The van der Waals surface area contributed by atoms with Gasteiger partial charge >= 0.3 is 0 Å². The van der Waals surface area contributed by atoms with Gasteiger partial charge in [-0.15, -0.1) is 0 Å². The second-order valence-electron chi connectivity index (χ2n) is 7.29.